The van der Waals surface area contributed by atoms with Gasteiger partial charge in [0.15, 0.2) is 6.61 Å². The largest absolute Gasteiger partial charge is 0.484 e. The van der Waals surface area contributed by atoms with Gasteiger partial charge < -0.3 is 20.1 Å². The van der Waals surface area contributed by atoms with Crippen LogP contribution in [0.25, 0.3) is 0 Å². The number of para-hydroxylation sites is 2. The molecule has 0 fully saturated rings. The maximum absolute atomic E-state index is 12.7. The molecule has 0 saturated heterocycles. The molecule has 3 aromatic carbocycles. The molecule has 0 unspecified atom stereocenters. The molecule has 7 nitrogen and oxygen atoms in total. The average molecular weight is 447 g/mol. The smallest absolute Gasteiger partial charge is 0.308 e. The molecule has 0 spiro atoms. The zero-order valence-electron chi connectivity index (χ0n) is 18.6. The summed E-state index contributed by atoms with van der Waals surface area (Å²) in [5.41, 5.74) is 2.40. The Morgan fingerprint density at radius 2 is 1.52 bits per heavy atom. The molecule has 3 rings (SSSR count). The minimum absolute atomic E-state index is 0.167. The van der Waals surface area contributed by atoms with Crippen molar-refractivity contribution < 1.29 is 23.9 Å². The van der Waals surface area contributed by atoms with Crippen molar-refractivity contribution in [3.8, 4) is 11.5 Å². The van der Waals surface area contributed by atoms with Crippen molar-refractivity contribution in [3.05, 3.63) is 83.9 Å². The predicted molar refractivity (Wildman–Crippen MR) is 127 cm³/mol. The molecule has 0 bridgehead atoms. The van der Waals surface area contributed by atoms with Crippen LogP contribution in [0.5, 0.6) is 11.5 Å². The Bertz CT molecular complexity index is 1130. The number of esters is 1. The van der Waals surface area contributed by atoms with E-state index in [9.17, 15) is 14.4 Å². The van der Waals surface area contributed by atoms with Gasteiger partial charge in [-0.25, -0.2) is 0 Å². The Kier molecular flexibility index (Phi) is 8.18. The van der Waals surface area contributed by atoms with Crippen LogP contribution < -0.4 is 20.1 Å². The number of nitrogens with one attached hydrogen (secondary N) is 2. The first-order valence-electron chi connectivity index (χ1n) is 10.6. The average Bonchev–Trinajstić information content (AvgIpc) is 2.80. The van der Waals surface area contributed by atoms with E-state index in [-0.39, 0.29) is 18.3 Å². The quantitative estimate of drug-likeness (QED) is 0.363. The summed E-state index contributed by atoms with van der Waals surface area (Å²) >= 11 is 0. The Balaban J connectivity index is 1.61. The molecule has 33 heavy (non-hydrogen) atoms. The topological polar surface area (TPSA) is 93.7 Å². The highest BCUT2D eigenvalue weighted by Gasteiger charge is 2.12. The Morgan fingerprint density at radius 3 is 2.18 bits per heavy atom. The zero-order chi connectivity index (χ0) is 23.6. The lowest BCUT2D eigenvalue weighted by molar-refractivity contribution is -0.131. The molecule has 0 heterocycles. The van der Waals surface area contributed by atoms with Gasteiger partial charge in [0.05, 0.1) is 11.4 Å². The van der Waals surface area contributed by atoms with E-state index in [1.165, 1.54) is 18.6 Å². The lowest BCUT2D eigenvalue weighted by atomic mass is 10.1. The van der Waals surface area contributed by atoms with Crippen molar-refractivity contribution >= 4 is 29.2 Å². The fourth-order valence-electron chi connectivity index (χ4n) is 3.14. The van der Waals surface area contributed by atoms with Gasteiger partial charge in [0.25, 0.3) is 11.8 Å². The number of carbonyl (C=O) groups excluding carboxylic acids is 3. The molecule has 3 aromatic rings. The summed E-state index contributed by atoms with van der Waals surface area (Å²) in [6, 6.07) is 20.8. The van der Waals surface area contributed by atoms with Crippen LogP contribution in [-0.2, 0) is 16.0 Å². The van der Waals surface area contributed by atoms with Gasteiger partial charge in [-0.15, -0.1) is 0 Å². The summed E-state index contributed by atoms with van der Waals surface area (Å²) < 4.78 is 10.6. The van der Waals surface area contributed by atoms with E-state index < -0.39 is 11.9 Å². The molecule has 0 aromatic heterocycles. The number of hydrogen-bond donors (Lipinski definition) is 2. The van der Waals surface area contributed by atoms with E-state index in [1.807, 2.05) is 24.3 Å². The van der Waals surface area contributed by atoms with Gasteiger partial charge in [-0.2, -0.15) is 0 Å². The summed E-state index contributed by atoms with van der Waals surface area (Å²) in [6.07, 6.45) is 2.06. The monoisotopic (exact) mass is 446 g/mol. The second kappa shape index (κ2) is 11.5. The van der Waals surface area contributed by atoms with Gasteiger partial charge in [0, 0.05) is 12.5 Å². The molecule has 170 valence electrons. The van der Waals surface area contributed by atoms with Crippen LogP contribution >= 0.6 is 0 Å². The highest BCUT2D eigenvalue weighted by molar-refractivity contribution is 6.07. The maximum atomic E-state index is 12.7. The van der Waals surface area contributed by atoms with Gasteiger partial charge >= 0.3 is 5.97 Å². The van der Waals surface area contributed by atoms with Crippen molar-refractivity contribution in [3.63, 3.8) is 0 Å². The third-order valence-electron chi connectivity index (χ3n) is 4.64. The number of rotatable bonds is 9. The first-order chi connectivity index (χ1) is 15.9. The van der Waals surface area contributed by atoms with Gasteiger partial charge in [0.1, 0.15) is 11.5 Å². The van der Waals surface area contributed by atoms with Crippen LogP contribution in [0.15, 0.2) is 72.8 Å². The number of aryl methyl sites for hydroxylation is 1. The molecule has 0 aliphatic rings. The molecule has 0 radical (unpaired) electrons. The Hall–Kier alpha value is -4.13. The van der Waals surface area contributed by atoms with E-state index >= 15 is 0 Å². The third kappa shape index (κ3) is 7.21. The minimum Gasteiger partial charge on any atom is -0.484 e. The number of benzene rings is 3. The number of carbonyl (C=O) groups is 3. The van der Waals surface area contributed by atoms with Crippen LogP contribution in [0.2, 0.25) is 0 Å². The minimum atomic E-state index is -0.472. The van der Waals surface area contributed by atoms with E-state index in [0.717, 1.165) is 12.8 Å². The van der Waals surface area contributed by atoms with Crippen molar-refractivity contribution in [2.75, 3.05) is 17.2 Å². The van der Waals surface area contributed by atoms with Gasteiger partial charge in [-0.3, -0.25) is 14.4 Å². The summed E-state index contributed by atoms with van der Waals surface area (Å²) in [5.74, 6) is -0.351. The lowest BCUT2D eigenvalue weighted by Crippen LogP contribution is -2.21. The van der Waals surface area contributed by atoms with Crippen molar-refractivity contribution in [1.29, 1.82) is 0 Å². The van der Waals surface area contributed by atoms with Crippen LogP contribution in [0.3, 0.4) is 0 Å². The van der Waals surface area contributed by atoms with Crippen LogP contribution in [-0.4, -0.2) is 24.4 Å². The molecule has 7 heteroatoms. The lowest BCUT2D eigenvalue weighted by Gasteiger charge is -2.13. The summed E-state index contributed by atoms with van der Waals surface area (Å²) in [5, 5.41) is 5.53. The second-order valence-electron chi connectivity index (χ2n) is 7.35. The van der Waals surface area contributed by atoms with E-state index in [2.05, 4.69) is 17.6 Å². The normalized spacial score (nSPS) is 10.2. The van der Waals surface area contributed by atoms with Crippen molar-refractivity contribution in [2.24, 2.45) is 0 Å². The number of ether oxygens (including phenoxy) is 2. The number of amides is 2. The number of hydrogen-bond acceptors (Lipinski definition) is 5. The summed E-state index contributed by atoms with van der Waals surface area (Å²) in [7, 11) is 0. The van der Waals surface area contributed by atoms with E-state index in [1.54, 1.807) is 42.5 Å². The fourth-order valence-corrected chi connectivity index (χ4v) is 3.14. The van der Waals surface area contributed by atoms with Crippen molar-refractivity contribution in [1.82, 2.24) is 0 Å². The second-order valence-corrected chi connectivity index (χ2v) is 7.35. The SMILES string of the molecule is CCCc1ccc(OCC(=O)Nc2ccccc2NC(=O)c2cccc(OC(C)=O)c2)cc1. The van der Waals surface area contributed by atoms with Gasteiger partial charge in [-0.05, 0) is 54.4 Å². The summed E-state index contributed by atoms with van der Waals surface area (Å²) in [6.45, 7) is 3.24. The molecule has 0 atom stereocenters. The maximum Gasteiger partial charge on any atom is 0.308 e. The van der Waals surface area contributed by atoms with Crippen LogP contribution in [0.1, 0.15) is 36.2 Å². The van der Waals surface area contributed by atoms with Crippen LogP contribution in [0, 0.1) is 0 Å². The van der Waals surface area contributed by atoms with Crippen LogP contribution in [0.4, 0.5) is 11.4 Å². The molecule has 2 amide bonds. The molecule has 0 saturated carbocycles. The number of anilines is 2. The predicted octanol–water partition coefficient (Wildman–Crippen LogP) is 4.83. The van der Waals surface area contributed by atoms with Gasteiger partial charge in [-0.1, -0.05) is 43.7 Å². The molecule has 0 aliphatic heterocycles. The standard InChI is InChI=1S/C26H26N2O5/c1-3-7-19-12-14-21(15-13-19)32-17-25(30)27-23-10-4-5-11-24(23)28-26(31)20-8-6-9-22(16-20)33-18(2)29/h4-6,8-16H,3,7,17H2,1-2H3,(H,27,30)(H,28,31). The van der Waals surface area contributed by atoms with Gasteiger partial charge in [0.2, 0.25) is 0 Å². The zero-order valence-corrected chi connectivity index (χ0v) is 18.6. The third-order valence-corrected chi connectivity index (χ3v) is 4.64. The molecular formula is C26H26N2O5. The highest BCUT2D eigenvalue weighted by atomic mass is 16.5. The highest BCUT2D eigenvalue weighted by Crippen LogP contribution is 2.23. The van der Waals surface area contributed by atoms with Crippen molar-refractivity contribution in [2.45, 2.75) is 26.7 Å². The molecule has 0 aliphatic carbocycles. The van der Waals surface area contributed by atoms with E-state index in [4.69, 9.17) is 9.47 Å². The molecular weight excluding hydrogens is 420 g/mol. The fraction of sp³-hybridized carbons (Fsp3) is 0.192. The molecule has 2 N–H and O–H groups in total. The van der Waals surface area contributed by atoms with E-state index in [0.29, 0.717) is 22.7 Å². The Labute approximate surface area is 192 Å². The first kappa shape index (κ1) is 23.5. The summed E-state index contributed by atoms with van der Waals surface area (Å²) in [4.78, 5) is 36.2. The Morgan fingerprint density at radius 1 is 0.818 bits per heavy atom. The first-order valence-corrected chi connectivity index (χ1v) is 10.6.